The lowest BCUT2D eigenvalue weighted by Gasteiger charge is -2.41. The highest BCUT2D eigenvalue weighted by Crippen LogP contribution is 2.27. The Hall–Kier alpha value is -0.930. The average Bonchev–Trinajstić information content (AvgIpc) is 2.64. The fraction of sp³-hybridized carbons (Fsp3) is 0.762. The fourth-order valence-corrected chi connectivity index (χ4v) is 4.69. The molecule has 0 bridgehead atoms. The molecule has 0 amide bonds. The van der Waals surface area contributed by atoms with Gasteiger partial charge in [-0.25, -0.2) is 0 Å². The Bertz CT molecular complexity index is 455. The monoisotopic (exact) mass is 329 g/mol. The van der Waals surface area contributed by atoms with Crippen molar-refractivity contribution in [1.29, 1.82) is 0 Å². The van der Waals surface area contributed by atoms with Crippen LogP contribution in [0.5, 0.6) is 0 Å². The van der Waals surface area contributed by atoms with Gasteiger partial charge in [0.2, 0.25) is 0 Å². The lowest BCUT2D eigenvalue weighted by atomic mass is 9.90. The highest BCUT2D eigenvalue weighted by molar-refractivity contribution is 5.08. The lowest BCUT2D eigenvalue weighted by Crippen LogP contribution is -2.46. The quantitative estimate of drug-likeness (QED) is 0.742. The molecule has 1 aromatic rings. The first-order chi connectivity index (χ1) is 11.8. The highest BCUT2D eigenvalue weighted by Gasteiger charge is 2.27. The summed E-state index contributed by atoms with van der Waals surface area (Å²) in [6.45, 7) is 8.49. The van der Waals surface area contributed by atoms with Gasteiger partial charge in [-0.2, -0.15) is 0 Å². The van der Waals surface area contributed by atoms with E-state index < -0.39 is 0 Å². The third kappa shape index (κ3) is 5.29. The molecule has 0 radical (unpaired) electrons. The van der Waals surface area contributed by atoms with Crippen molar-refractivity contribution in [3.8, 4) is 0 Å². The predicted octanol–water partition coefficient (Wildman–Crippen LogP) is 4.34. The molecule has 2 aliphatic rings. The van der Waals surface area contributed by atoms with E-state index in [0.717, 1.165) is 18.5 Å². The summed E-state index contributed by atoms with van der Waals surface area (Å²) in [5.41, 5.74) is 1.35. The third-order valence-electron chi connectivity index (χ3n) is 5.83. The van der Waals surface area contributed by atoms with Gasteiger partial charge < -0.3 is 4.90 Å². The zero-order valence-corrected chi connectivity index (χ0v) is 15.5. The van der Waals surface area contributed by atoms with E-state index in [0.29, 0.717) is 0 Å². The number of rotatable bonds is 7. The minimum atomic E-state index is 0.851. The maximum absolute atomic E-state index is 4.28. The zero-order chi connectivity index (χ0) is 16.6. The zero-order valence-electron chi connectivity index (χ0n) is 15.5. The maximum Gasteiger partial charge on any atom is 0.0312 e. The molecule has 24 heavy (non-hydrogen) atoms. The van der Waals surface area contributed by atoms with Crippen LogP contribution < -0.4 is 0 Å². The lowest BCUT2D eigenvalue weighted by molar-refractivity contribution is 0.0788. The number of likely N-dealkylation sites (tertiary alicyclic amines) is 1. The largest absolute Gasteiger partial charge is 0.300 e. The Balaban J connectivity index is 1.53. The van der Waals surface area contributed by atoms with Crippen molar-refractivity contribution in [1.82, 2.24) is 14.8 Å². The number of hydrogen-bond acceptors (Lipinski definition) is 3. The van der Waals surface area contributed by atoms with E-state index in [2.05, 4.69) is 33.8 Å². The van der Waals surface area contributed by atoms with Gasteiger partial charge in [-0.05, 0) is 62.7 Å². The molecule has 3 nitrogen and oxygen atoms in total. The van der Waals surface area contributed by atoms with E-state index in [4.69, 9.17) is 0 Å². The van der Waals surface area contributed by atoms with Crippen molar-refractivity contribution >= 4 is 0 Å². The van der Waals surface area contributed by atoms with Gasteiger partial charge in [-0.1, -0.05) is 32.3 Å². The van der Waals surface area contributed by atoms with Crippen LogP contribution in [0.4, 0.5) is 0 Å². The molecule has 1 aliphatic heterocycles. The minimum absolute atomic E-state index is 0.851. The molecule has 2 fully saturated rings. The van der Waals surface area contributed by atoms with E-state index in [9.17, 15) is 0 Å². The molecule has 3 heteroatoms. The summed E-state index contributed by atoms with van der Waals surface area (Å²) < 4.78 is 0. The van der Waals surface area contributed by atoms with Crippen LogP contribution in [0.2, 0.25) is 0 Å². The predicted molar refractivity (Wildman–Crippen MR) is 101 cm³/mol. The molecule has 1 aromatic heterocycles. The maximum atomic E-state index is 4.28. The van der Waals surface area contributed by atoms with Crippen molar-refractivity contribution < 1.29 is 0 Å². The van der Waals surface area contributed by atoms with Crippen LogP contribution in [0.15, 0.2) is 24.5 Å². The van der Waals surface area contributed by atoms with Crippen molar-refractivity contribution in [2.45, 2.75) is 70.9 Å². The summed E-state index contributed by atoms with van der Waals surface area (Å²) in [4.78, 5) is 9.78. The SMILES string of the molecule is CCCN(Cc1cccnc1)CC1CCCN(C2CCCCC2)C1. The second-order valence-corrected chi connectivity index (χ2v) is 7.89. The van der Waals surface area contributed by atoms with Crippen LogP contribution in [0, 0.1) is 5.92 Å². The van der Waals surface area contributed by atoms with Crippen LogP contribution in [0.1, 0.15) is 63.9 Å². The van der Waals surface area contributed by atoms with Gasteiger partial charge in [0.1, 0.15) is 0 Å². The first-order valence-corrected chi connectivity index (χ1v) is 10.2. The molecule has 2 heterocycles. The normalized spacial score (nSPS) is 23.7. The van der Waals surface area contributed by atoms with Gasteiger partial charge in [-0.3, -0.25) is 9.88 Å². The molecular weight excluding hydrogens is 294 g/mol. The molecule has 0 N–H and O–H groups in total. The molecule has 3 rings (SSSR count). The Morgan fingerprint density at radius 1 is 1.17 bits per heavy atom. The standard InChI is InChI=1S/C21H35N3/c1-2-13-23(16-19-8-6-12-22-15-19)17-20-9-7-14-24(18-20)21-10-4-3-5-11-21/h6,8,12,15,20-21H,2-5,7,9-11,13-14,16-18H2,1H3. The second-order valence-electron chi connectivity index (χ2n) is 7.89. The summed E-state index contributed by atoms with van der Waals surface area (Å²) in [7, 11) is 0. The number of pyridine rings is 1. The summed E-state index contributed by atoms with van der Waals surface area (Å²) in [6.07, 6.45) is 15.2. The Kier molecular flexibility index (Phi) is 7.10. The Labute approximate surface area is 148 Å². The van der Waals surface area contributed by atoms with Crippen LogP contribution >= 0.6 is 0 Å². The Morgan fingerprint density at radius 2 is 2.04 bits per heavy atom. The molecule has 134 valence electrons. The van der Waals surface area contributed by atoms with Crippen LogP contribution in [0.25, 0.3) is 0 Å². The molecule has 0 aromatic carbocycles. The number of hydrogen-bond donors (Lipinski definition) is 0. The van der Waals surface area contributed by atoms with E-state index in [1.165, 1.54) is 83.1 Å². The molecule has 1 saturated carbocycles. The number of aromatic nitrogens is 1. The summed E-state index contributed by atoms with van der Waals surface area (Å²) in [5.74, 6) is 0.851. The molecule has 1 saturated heterocycles. The topological polar surface area (TPSA) is 19.4 Å². The second kappa shape index (κ2) is 9.53. The van der Waals surface area contributed by atoms with Gasteiger partial charge in [0.25, 0.3) is 0 Å². The van der Waals surface area contributed by atoms with Gasteiger partial charge in [0.15, 0.2) is 0 Å². The summed E-state index contributed by atoms with van der Waals surface area (Å²) in [5, 5.41) is 0. The fourth-order valence-electron chi connectivity index (χ4n) is 4.69. The number of piperidine rings is 1. The molecule has 0 spiro atoms. The van der Waals surface area contributed by atoms with Crippen LogP contribution in [-0.4, -0.2) is 47.0 Å². The highest BCUT2D eigenvalue weighted by atomic mass is 15.2. The Morgan fingerprint density at radius 3 is 2.79 bits per heavy atom. The molecule has 1 unspecified atom stereocenters. The first-order valence-electron chi connectivity index (χ1n) is 10.2. The van der Waals surface area contributed by atoms with E-state index in [1.807, 2.05) is 12.4 Å². The van der Waals surface area contributed by atoms with Gasteiger partial charge in [0, 0.05) is 38.1 Å². The smallest absolute Gasteiger partial charge is 0.0312 e. The van der Waals surface area contributed by atoms with Crippen LogP contribution in [0.3, 0.4) is 0 Å². The van der Waals surface area contributed by atoms with Crippen LogP contribution in [-0.2, 0) is 6.54 Å². The molecular formula is C21H35N3. The van der Waals surface area contributed by atoms with Gasteiger partial charge in [0.05, 0.1) is 0 Å². The van der Waals surface area contributed by atoms with Gasteiger partial charge in [-0.15, -0.1) is 0 Å². The number of nitrogens with zero attached hydrogens (tertiary/aromatic N) is 3. The van der Waals surface area contributed by atoms with E-state index in [1.54, 1.807) is 0 Å². The van der Waals surface area contributed by atoms with Crippen molar-refractivity contribution in [3.05, 3.63) is 30.1 Å². The van der Waals surface area contributed by atoms with E-state index >= 15 is 0 Å². The average molecular weight is 330 g/mol. The van der Waals surface area contributed by atoms with E-state index in [-0.39, 0.29) is 0 Å². The van der Waals surface area contributed by atoms with Crippen molar-refractivity contribution in [2.24, 2.45) is 5.92 Å². The minimum Gasteiger partial charge on any atom is -0.300 e. The van der Waals surface area contributed by atoms with Crippen molar-refractivity contribution in [3.63, 3.8) is 0 Å². The molecule has 1 aliphatic carbocycles. The first kappa shape index (κ1) is 17.9. The van der Waals surface area contributed by atoms with Crippen molar-refractivity contribution in [2.75, 3.05) is 26.2 Å². The summed E-state index contributed by atoms with van der Waals surface area (Å²) >= 11 is 0. The van der Waals surface area contributed by atoms with Gasteiger partial charge >= 0.3 is 0 Å². The third-order valence-corrected chi connectivity index (χ3v) is 5.83. The summed E-state index contributed by atoms with van der Waals surface area (Å²) in [6, 6.07) is 5.16. The molecule has 1 atom stereocenters.